The van der Waals surface area contributed by atoms with Crippen LogP contribution >= 0.6 is 11.6 Å². The zero-order valence-electron chi connectivity index (χ0n) is 11.4. The van der Waals surface area contributed by atoms with Gasteiger partial charge in [0.1, 0.15) is 5.92 Å². The van der Waals surface area contributed by atoms with Gasteiger partial charge in [-0.25, -0.2) is 0 Å². The second kappa shape index (κ2) is 5.31. The smallest absolute Gasteiger partial charge is 0.316 e. The highest BCUT2D eigenvalue weighted by Gasteiger charge is 2.44. The molecule has 1 aliphatic rings. The maximum Gasteiger partial charge on any atom is 0.316 e. The van der Waals surface area contributed by atoms with Crippen LogP contribution in [0.5, 0.6) is 0 Å². The third-order valence-corrected chi connectivity index (χ3v) is 3.98. The molecule has 0 spiro atoms. The number of nitrogens with two attached hydrogens (primary N) is 2. The average Bonchev–Trinajstić information content (AvgIpc) is 2.43. The van der Waals surface area contributed by atoms with Crippen molar-refractivity contribution >= 4 is 23.1 Å². The Hall–Kier alpha value is -1.78. The lowest BCUT2D eigenvalue weighted by Crippen LogP contribution is -2.53. The van der Waals surface area contributed by atoms with Gasteiger partial charge in [0.15, 0.2) is 0 Å². The molecule has 20 heavy (non-hydrogen) atoms. The Kier molecular flexibility index (Phi) is 3.88. The maximum absolute atomic E-state index is 12.0. The summed E-state index contributed by atoms with van der Waals surface area (Å²) in [5, 5.41) is 0.349. The fourth-order valence-corrected chi connectivity index (χ4v) is 2.75. The van der Waals surface area contributed by atoms with Gasteiger partial charge in [0, 0.05) is 10.7 Å². The predicted octanol–water partition coefficient (Wildman–Crippen LogP) is 2.00. The van der Waals surface area contributed by atoms with Crippen LogP contribution in [0.1, 0.15) is 12.5 Å². The number of esters is 1. The fourth-order valence-electron chi connectivity index (χ4n) is 2.27. The maximum atomic E-state index is 12.0. The van der Waals surface area contributed by atoms with Crippen LogP contribution in [0.25, 0.3) is 5.57 Å². The summed E-state index contributed by atoms with van der Waals surface area (Å²) in [6, 6.07) is 9.47. The van der Waals surface area contributed by atoms with Gasteiger partial charge in [0.2, 0.25) is 0 Å². The molecule has 2 rings (SSSR count). The Morgan fingerprint density at radius 2 is 1.95 bits per heavy atom. The first-order valence-corrected chi connectivity index (χ1v) is 6.56. The van der Waals surface area contributed by atoms with E-state index in [1.807, 2.05) is 30.3 Å². The van der Waals surface area contributed by atoms with Crippen LogP contribution in [0.15, 0.2) is 47.1 Å². The fraction of sp³-hybridized carbons (Fsp3) is 0.267. The second-order valence-electron chi connectivity index (χ2n) is 4.97. The second-order valence-corrected chi connectivity index (χ2v) is 5.37. The number of hydrogen-bond acceptors (Lipinski definition) is 4. The van der Waals surface area contributed by atoms with Crippen molar-refractivity contribution in [3.63, 3.8) is 0 Å². The highest BCUT2D eigenvalue weighted by molar-refractivity contribution is 6.35. The molecule has 0 radical (unpaired) electrons. The van der Waals surface area contributed by atoms with E-state index >= 15 is 0 Å². The molecule has 4 nitrogen and oxygen atoms in total. The van der Waals surface area contributed by atoms with Crippen LogP contribution < -0.4 is 11.5 Å². The number of ether oxygens (including phenoxy) is 1. The molecule has 1 aliphatic carbocycles. The normalized spacial score (nSPS) is 26.2. The zero-order chi connectivity index (χ0) is 14.9. The molecule has 2 atom stereocenters. The molecule has 106 valence electrons. The molecule has 1 aromatic carbocycles. The summed E-state index contributed by atoms with van der Waals surface area (Å²) in [6.45, 7) is 1.67. The van der Waals surface area contributed by atoms with E-state index in [4.69, 9.17) is 27.8 Å². The van der Waals surface area contributed by atoms with Crippen LogP contribution in [0, 0.1) is 5.92 Å². The largest absolute Gasteiger partial charge is 0.468 e. The van der Waals surface area contributed by atoms with E-state index in [1.54, 1.807) is 13.0 Å². The minimum atomic E-state index is -1.07. The number of carbonyl (C=O) groups excluding carboxylic acids is 1. The summed E-state index contributed by atoms with van der Waals surface area (Å²) in [7, 11) is 1.30. The van der Waals surface area contributed by atoms with E-state index in [1.165, 1.54) is 7.11 Å². The number of benzene rings is 1. The summed E-state index contributed by atoms with van der Waals surface area (Å²) in [6.07, 6.45) is 1.72. The van der Waals surface area contributed by atoms with Crippen molar-refractivity contribution in [2.24, 2.45) is 17.4 Å². The Balaban J connectivity index is 2.60. The van der Waals surface area contributed by atoms with Gasteiger partial charge in [-0.2, -0.15) is 0 Å². The lowest BCUT2D eigenvalue weighted by atomic mass is 9.77. The predicted molar refractivity (Wildman–Crippen MR) is 79.6 cm³/mol. The lowest BCUT2D eigenvalue weighted by Gasteiger charge is -2.36. The summed E-state index contributed by atoms with van der Waals surface area (Å²) < 4.78 is 4.81. The van der Waals surface area contributed by atoms with E-state index in [2.05, 4.69) is 0 Å². The van der Waals surface area contributed by atoms with Crippen LogP contribution in [0.4, 0.5) is 0 Å². The molecular formula is C15H17ClN2O2. The SMILES string of the molecule is COC(=O)C1C(Cl)=C(c2ccccc2)C=C(N)C1(C)N. The summed E-state index contributed by atoms with van der Waals surface area (Å²) in [5.74, 6) is -1.31. The first kappa shape index (κ1) is 14.6. The average molecular weight is 293 g/mol. The van der Waals surface area contributed by atoms with Gasteiger partial charge in [-0.05, 0) is 24.1 Å². The summed E-state index contributed by atoms with van der Waals surface area (Å²) in [5.41, 5.74) is 13.1. The first-order chi connectivity index (χ1) is 9.39. The van der Waals surface area contributed by atoms with Gasteiger partial charge in [-0.1, -0.05) is 41.9 Å². The van der Waals surface area contributed by atoms with Crippen molar-refractivity contribution in [1.82, 2.24) is 0 Å². The van der Waals surface area contributed by atoms with Gasteiger partial charge < -0.3 is 16.2 Å². The van der Waals surface area contributed by atoms with E-state index in [-0.39, 0.29) is 0 Å². The highest BCUT2D eigenvalue weighted by atomic mass is 35.5. The third kappa shape index (κ3) is 2.32. The van der Waals surface area contributed by atoms with Crippen molar-refractivity contribution in [3.05, 3.63) is 52.7 Å². The van der Waals surface area contributed by atoms with Gasteiger partial charge in [0.05, 0.1) is 12.6 Å². The summed E-state index contributed by atoms with van der Waals surface area (Å²) >= 11 is 6.41. The monoisotopic (exact) mass is 292 g/mol. The number of rotatable bonds is 2. The van der Waals surface area contributed by atoms with Crippen LogP contribution in [-0.2, 0) is 9.53 Å². The molecule has 5 heteroatoms. The molecule has 0 saturated heterocycles. The first-order valence-electron chi connectivity index (χ1n) is 6.19. The lowest BCUT2D eigenvalue weighted by molar-refractivity contribution is -0.145. The van der Waals surface area contributed by atoms with E-state index in [0.717, 1.165) is 5.56 Å². The minimum Gasteiger partial charge on any atom is -0.468 e. The third-order valence-electron chi connectivity index (χ3n) is 3.55. The standard InChI is InChI=1S/C15H17ClN2O2/c1-15(18)11(17)8-10(9-6-4-3-5-7-9)13(16)12(15)14(19)20-2/h3-8,12H,17-18H2,1-2H3. The molecule has 4 N–H and O–H groups in total. The zero-order valence-corrected chi connectivity index (χ0v) is 12.1. The molecular weight excluding hydrogens is 276 g/mol. The van der Waals surface area contributed by atoms with E-state index in [0.29, 0.717) is 16.3 Å². The molecule has 1 aromatic rings. The minimum absolute atomic E-state index is 0.349. The van der Waals surface area contributed by atoms with Crippen molar-refractivity contribution in [2.75, 3.05) is 7.11 Å². The molecule has 0 saturated carbocycles. The van der Waals surface area contributed by atoms with Crippen LogP contribution in [-0.4, -0.2) is 18.6 Å². The van der Waals surface area contributed by atoms with Crippen molar-refractivity contribution < 1.29 is 9.53 Å². The number of hydrogen-bond donors (Lipinski definition) is 2. The molecule has 0 heterocycles. The molecule has 0 aliphatic heterocycles. The van der Waals surface area contributed by atoms with Crippen LogP contribution in [0.2, 0.25) is 0 Å². The Morgan fingerprint density at radius 3 is 2.50 bits per heavy atom. The summed E-state index contributed by atoms with van der Waals surface area (Å²) in [4.78, 5) is 12.0. The van der Waals surface area contributed by atoms with Gasteiger partial charge in [0.25, 0.3) is 0 Å². The van der Waals surface area contributed by atoms with Crippen LogP contribution in [0.3, 0.4) is 0 Å². The van der Waals surface area contributed by atoms with Gasteiger partial charge in [-0.15, -0.1) is 0 Å². The number of halogens is 1. The molecule has 0 amide bonds. The number of carbonyl (C=O) groups is 1. The van der Waals surface area contributed by atoms with Gasteiger partial charge in [-0.3, -0.25) is 4.79 Å². The Bertz CT molecular complexity index is 591. The topological polar surface area (TPSA) is 78.3 Å². The number of methoxy groups -OCH3 is 1. The Morgan fingerprint density at radius 1 is 1.35 bits per heavy atom. The van der Waals surface area contributed by atoms with E-state index in [9.17, 15) is 4.79 Å². The van der Waals surface area contributed by atoms with Crippen molar-refractivity contribution in [3.8, 4) is 0 Å². The van der Waals surface area contributed by atoms with Crippen molar-refractivity contribution in [2.45, 2.75) is 12.5 Å². The van der Waals surface area contributed by atoms with Gasteiger partial charge >= 0.3 is 5.97 Å². The quantitative estimate of drug-likeness (QED) is 0.817. The van der Waals surface area contributed by atoms with E-state index < -0.39 is 17.4 Å². The molecule has 0 bridgehead atoms. The van der Waals surface area contributed by atoms with Crippen molar-refractivity contribution in [1.29, 1.82) is 0 Å². The number of allylic oxidation sites excluding steroid dienone is 2. The Labute approximate surface area is 123 Å². The molecule has 0 aromatic heterocycles. The molecule has 2 unspecified atom stereocenters. The molecule has 0 fully saturated rings. The highest BCUT2D eigenvalue weighted by Crippen LogP contribution is 2.40.